The van der Waals surface area contributed by atoms with Crippen molar-refractivity contribution < 1.29 is 18.0 Å². The van der Waals surface area contributed by atoms with E-state index in [9.17, 15) is 18.0 Å². The van der Waals surface area contributed by atoms with Gasteiger partial charge in [-0.1, -0.05) is 67.3 Å². The van der Waals surface area contributed by atoms with Gasteiger partial charge in [-0.15, -0.1) is 0 Å². The quantitative estimate of drug-likeness (QED) is 0.482. The number of nitrogens with zero attached hydrogens (tertiary/aromatic N) is 2. The van der Waals surface area contributed by atoms with Crippen LogP contribution in [0.25, 0.3) is 0 Å². The highest BCUT2D eigenvalue weighted by Crippen LogP contribution is 2.21. The van der Waals surface area contributed by atoms with Gasteiger partial charge in [-0.25, -0.2) is 8.42 Å². The monoisotopic (exact) mass is 513 g/mol. The third-order valence-electron chi connectivity index (χ3n) is 6.79. The molecule has 1 saturated carbocycles. The van der Waals surface area contributed by atoms with E-state index in [0.29, 0.717) is 18.7 Å². The molecule has 36 heavy (non-hydrogen) atoms. The van der Waals surface area contributed by atoms with Gasteiger partial charge in [0.2, 0.25) is 21.8 Å². The molecule has 0 saturated heterocycles. The zero-order valence-corrected chi connectivity index (χ0v) is 22.5. The molecule has 196 valence electrons. The summed E-state index contributed by atoms with van der Waals surface area (Å²) in [5.74, 6) is -0.300. The molecule has 0 aromatic heterocycles. The molecule has 2 aromatic rings. The van der Waals surface area contributed by atoms with Crippen LogP contribution in [0, 0.1) is 6.92 Å². The summed E-state index contributed by atoms with van der Waals surface area (Å²) in [6.07, 6.45) is 7.06. The van der Waals surface area contributed by atoms with E-state index >= 15 is 0 Å². The Morgan fingerprint density at radius 3 is 2.25 bits per heavy atom. The van der Waals surface area contributed by atoms with Crippen LogP contribution in [0.1, 0.15) is 63.0 Å². The van der Waals surface area contributed by atoms with Gasteiger partial charge in [-0.3, -0.25) is 13.9 Å². The normalized spacial score (nSPS) is 15.2. The lowest BCUT2D eigenvalue weighted by Gasteiger charge is -2.31. The van der Waals surface area contributed by atoms with Crippen molar-refractivity contribution >= 4 is 27.5 Å². The Morgan fingerprint density at radius 1 is 1.00 bits per heavy atom. The first-order valence-electron chi connectivity index (χ1n) is 12.8. The molecule has 0 heterocycles. The molecule has 2 aromatic carbocycles. The predicted molar refractivity (Wildman–Crippen MR) is 144 cm³/mol. The van der Waals surface area contributed by atoms with Crippen LogP contribution in [0.4, 0.5) is 5.69 Å². The highest BCUT2D eigenvalue weighted by atomic mass is 32.2. The van der Waals surface area contributed by atoms with Crippen LogP contribution in [0.5, 0.6) is 0 Å². The van der Waals surface area contributed by atoms with Crippen molar-refractivity contribution in [2.45, 2.75) is 77.4 Å². The molecule has 1 aliphatic rings. The lowest BCUT2D eigenvalue weighted by Crippen LogP contribution is -2.50. The molecule has 0 aliphatic heterocycles. The number of rotatable bonds is 11. The van der Waals surface area contributed by atoms with Crippen LogP contribution < -0.4 is 9.62 Å². The lowest BCUT2D eigenvalue weighted by atomic mass is 9.95. The molecule has 2 amide bonds. The van der Waals surface area contributed by atoms with Crippen LogP contribution >= 0.6 is 0 Å². The maximum absolute atomic E-state index is 13.4. The van der Waals surface area contributed by atoms with E-state index in [1.165, 1.54) is 17.0 Å². The molecular weight excluding hydrogens is 474 g/mol. The highest BCUT2D eigenvalue weighted by Gasteiger charge is 2.28. The van der Waals surface area contributed by atoms with Crippen LogP contribution in [0.15, 0.2) is 54.6 Å². The number of carbonyl (C=O) groups is 2. The molecule has 0 radical (unpaired) electrons. The van der Waals surface area contributed by atoms with Gasteiger partial charge in [0.05, 0.1) is 11.9 Å². The Morgan fingerprint density at radius 2 is 1.64 bits per heavy atom. The van der Waals surface area contributed by atoms with Crippen molar-refractivity contribution in [1.29, 1.82) is 0 Å². The molecule has 1 atom stereocenters. The minimum absolute atomic E-state index is 0.136. The third kappa shape index (κ3) is 8.08. The summed E-state index contributed by atoms with van der Waals surface area (Å²) in [6.45, 7) is 4.23. The van der Waals surface area contributed by atoms with E-state index in [2.05, 4.69) is 5.32 Å². The number of amides is 2. The van der Waals surface area contributed by atoms with Gasteiger partial charge in [-0.2, -0.15) is 0 Å². The van der Waals surface area contributed by atoms with Gasteiger partial charge in [-0.05, 0) is 50.8 Å². The van der Waals surface area contributed by atoms with Gasteiger partial charge in [0.15, 0.2) is 0 Å². The molecule has 0 unspecified atom stereocenters. The Balaban J connectivity index is 1.68. The van der Waals surface area contributed by atoms with E-state index in [0.717, 1.165) is 36.8 Å². The molecule has 0 bridgehead atoms. The number of benzene rings is 2. The van der Waals surface area contributed by atoms with Gasteiger partial charge in [0.25, 0.3) is 0 Å². The first kappa shape index (κ1) is 27.7. The predicted octanol–water partition coefficient (Wildman–Crippen LogP) is 4.41. The smallest absolute Gasteiger partial charge is 0.242 e. The molecule has 3 rings (SSSR count). The van der Waals surface area contributed by atoms with Crippen LogP contribution in [-0.4, -0.2) is 50.0 Å². The maximum atomic E-state index is 13.4. The largest absolute Gasteiger partial charge is 0.352 e. The summed E-state index contributed by atoms with van der Waals surface area (Å²) in [6, 6.07) is 16.5. The summed E-state index contributed by atoms with van der Waals surface area (Å²) in [7, 11) is -3.50. The second-order valence-corrected chi connectivity index (χ2v) is 11.7. The topological polar surface area (TPSA) is 86.8 Å². The Bertz CT molecular complexity index is 1100. The minimum Gasteiger partial charge on any atom is -0.352 e. The lowest BCUT2D eigenvalue weighted by molar-refractivity contribution is -0.141. The number of anilines is 1. The zero-order chi connectivity index (χ0) is 26.1. The average molecular weight is 514 g/mol. The van der Waals surface area contributed by atoms with Gasteiger partial charge < -0.3 is 10.2 Å². The second-order valence-electron chi connectivity index (χ2n) is 9.80. The fourth-order valence-corrected chi connectivity index (χ4v) is 5.61. The number of carbonyl (C=O) groups excluding carboxylic acids is 2. The van der Waals surface area contributed by atoms with E-state index in [1.54, 1.807) is 24.0 Å². The average Bonchev–Trinajstić information content (AvgIpc) is 2.86. The second kappa shape index (κ2) is 12.9. The molecular formula is C28H39N3O4S. The number of nitrogens with one attached hydrogen (secondary N) is 1. The number of sulfonamides is 1. The van der Waals surface area contributed by atoms with Crippen molar-refractivity contribution in [1.82, 2.24) is 10.2 Å². The molecule has 1 aliphatic carbocycles. The van der Waals surface area contributed by atoms with E-state index < -0.39 is 16.1 Å². The van der Waals surface area contributed by atoms with Crippen molar-refractivity contribution in [3.63, 3.8) is 0 Å². The third-order valence-corrected chi connectivity index (χ3v) is 7.98. The van der Waals surface area contributed by atoms with Crippen LogP contribution in [0.2, 0.25) is 0 Å². The van der Waals surface area contributed by atoms with Gasteiger partial charge >= 0.3 is 0 Å². The van der Waals surface area contributed by atoms with Crippen molar-refractivity contribution in [3.05, 3.63) is 65.7 Å². The number of hydrogen-bond donors (Lipinski definition) is 1. The van der Waals surface area contributed by atoms with Gasteiger partial charge in [0.1, 0.15) is 6.04 Å². The first-order valence-corrected chi connectivity index (χ1v) is 14.7. The van der Waals surface area contributed by atoms with Gasteiger partial charge in [0, 0.05) is 25.6 Å². The summed E-state index contributed by atoms with van der Waals surface area (Å²) < 4.78 is 26.2. The molecule has 7 nitrogen and oxygen atoms in total. The summed E-state index contributed by atoms with van der Waals surface area (Å²) >= 11 is 0. The van der Waals surface area contributed by atoms with Crippen molar-refractivity contribution in [3.8, 4) is 0 Å². The summed E-state index contributed by atoms with van der Waals surface area (Å²) in [4.78, 5) is 28.1. The van der Waals surface area contributed by atoms with Crippen molar-refractivity contribution in [2.75, 3.05) is 17.1 Å². The standard InChI is InChI=1S/C28H39N3O4S/c1-22-16-18-26(19-17-22)31(36(3,34)35)20-10-15-27(32)30(21-24-11-6-4-7-12-24)23(2)28(33)29-25-13-8-5-9-14-25/h4,6-7,11-12,16-19,23,25H,5,8-10,13-15,20-21H2,1-3H3,(H,29,33)/t23-/m1/s1. The molecule has 0 spiro atoms. The summed E-state index contributed by atoms with van der Waals surface area (Å²) in [5.41, 5.74) is 2.57. The minimum atomic E-state index is -3.50. The van der Waals surface area contributed by atoms with Crippen LogP contribution in [0.3, 0.4) is 0 Å². The Kier molecular flexibility index (Phi) is 9.93. The molecule has 1 fully saturated rings. The SMILES string of the molecule is Cc1ccc(N(CCCC(=O)N(Cc2ccccc2)[C@H](C)C(=O)NC2CCCCC2)S(C)(=O)=O)cc1. The Labute approximate surface area is 215 Å². The molecule has 8 heteroatoms. The van der Waals surface area contributed by atoms with Crippen molar-refractivity contribution in [2.24, 2.45) is 0 Å². The molecule has 1 N–H and O–H groups in total. The fraction of sp³-hybridized carbons (Fsp3) is 0.500. The van der Waals surface area contributed by atoms with E-state index in [-0.39, 0.29) is 30.8 Å². The fourth-order valence-electron chi connectivity index (χ4n) is 4.65. The Hall–Kier alpha value is -2.87. The van der Waals surface area contributed by atoms with E-state index in [1.807, 2.05) is 49.4 Å². The first-order chi connectivity index (χ1) is 17.1. The number of aryl methyl sites for hydroxylation is 1. The van der Waals surface area contributed by atoms with Crippen LogP contribution in [-0.2, 0) is 26.2 Å². The highest BCUT2D eigenvalue weighted by molar-refractivity contribution is 7.92. The number of hydrogen-bond acceptors (Lipinski definition) is 4. The maximum Gasteiger partial charge on any atom is 0.242 e. The summed E-state index contributed by atoms with van der Waals surface area (Å²) in [5, 5.41) is 3.14. The van der Waals surface area contributed by atoms with E-state index in [4.69, 9.17) is 0 Å². The zero-order valence-electron chi connectivity index (χ0n) is 21.7.